The lowest BCUT2D eigenvalue weighted by Gasteiger charge is -2.03. The van der Waals surface area contributed by atoms with E-state index in [9.17, 15) is 0 Å². The molecule has 0 aliphatic rings. The van der Waals surface area contributed by atoms with Crippen molar-refractivity contribution in [2.24, 2.45) is 0 Å². The van der Waals surface area contributed by atoms with E-state index >= 15 is 0 Å². The quantitative estimate of drug-likeness (QED) is 0.786. The second kappa shape index (κ2) is 7.31. The van der Waals surface area contributed by atoms with E-state index in [0.717, 1.165) is 36.6 Å². The second-order valence-electron chi connectivity index (χ2n) is 4.60. The fourth-order valence-electron chi connectivity index (χ4n) is 1.98. The van der Waals surface area contributed by atoms with Gasteiger partial charge in [-0.2, -0.15) is 5.10 Å². The molecule has 2 rings (SSSR count). The summed E-state index contributed by atoms with van der Waals surface area (Å²) in [6.07, 6.45) is 7.34. The summed E-state index contributed by atoms with van der Waals surface area (Å²) in [5, 5.41) is 8.50. The van der Waals surface area contributed by atoms with E-state index in [4.69, 9.17) is 11.6 Å². The first-order valence-electron chi connectivity index (χ1n) is 6.80. The van der Waals surface area contributed by atoms with E-state index in [1.807, 2.05) is 35.1 Å². The molecule has 0 unspecified atom stereocenters. The summed E-state index contributed by atoms with van der Waals surface area (Å²) in [6, 6.07) is 7.75. The lowest BCUT2D eigenvalue weighted by molar-refractivity contribution is 0.640. The van der Waals surface area contributed by atoms with Crippen molar-refractivity contribution in [3.05, 3.63) is 47.2 Å². The third-order valence-electron chi connectivity index (χ3n) is 2.98. The van der Waals surface area contributed by atoms with Gasteiger partial charge in [-0.05, 0) is 50.0 Å². The zero-order chi connectivity index (χ0) is 13.5. The summed E-state index contributed by atoms with van der Waals surface area (Å²) < 4.78 is 1.84. The Hall–Kier alpha value is -1.32. The van der Waals surface area contributed by atoms with Gasteiger partial charge < -0.3 is 5.32 Å². The van der Waals surface area contributed by atoms with E-state index < -0.39 is 0 Å². The number of hydrogen-bond acceptors (Lipinski definition) is 2. The molecule has 0 fully saturated rings. The van der Waals surface area contributed by atoms with Crippen molar-refractivity contribution < 1.29 is 0 Å². The molecule has 0 atom stereocenters. The highest BCUT2D eigenvalue weighted by Gasteiger charge is 2.04. The number of aromatic nitrogens is 2. The van der Waals surface area contributed by atoms with Gasteiger partial charge in [0.1, 0.15) is 0 Å². The van der Waals surface area contributed by atoms with Crippen LogP contribution in [0.5, 0.6) is 0 Å². The van der Waals surface area contributed by atoms with Gasteiger partial charge in [0.2, 0.25) is 0 Å². The third-order valence-corrected chi connectivity index (χ3v) is 3.30. The zero-order valence-corrected chi connectivity index (χ0v) is 12.0. The molecule has 102 valence electrons. The molecule has 0 saturated carbocycles. The topological polar surface area (TPSA) is 29.9 Å². The molecule has 1 N–H and O–H groups in total. The molecule has 1 heterocycles. The highest BCUT2D eigenvalue weighted by Crippen LogP contribution is 2.19. The lowest BCUT2D eigenvalue weighted by atomic mass is 10.2. The van der Waals surface area contributed by atoms with Crippen LogP contribution in [0.15, 0.2) is 36.7 Å². The number of rotatable bonds is 7. The van der Waals surface area contributed by atoms with Crippen LogP contribution in [0.2, 0.25) is 5.02 Å². The number of aryl methyl sites for hydroxylation is 1. The van der Waals surface area contributed by atoms with Gasteiger partial charge in [0.15, 0.2) is 0 Å². The van der Waals surface area contributed by atoms with E-state index in [2.05, 4.69) is 23.5 Å². The second-order valence-corrected chi connectivity index (χ2v) is 5.01. The molecule has 19 heavy (non-hydrogen) atoms. The predicted molar refractivity (Wildman–Crippen MR) is 80.1 cm³/mol. The van der Waals surface area contributed by atoms with E-state index in [0.29, 0.717) is 0 Å². The maximum Gasteiger partial charge on any atom is 0.0831 e. The van der Waals surface area contributed by atoms with Gasteiger partial charge in [0.05, 0.1) is 16.9 Å². The van der Waals surface area contributed by atoms with Crippen molar-refractivity contribution in [1.82, 2.24) is 15.1 Å². The molecule has 3 nitrogen and oxygen atoms in total. The van der Waals surface area contributed by atoms with E-state index in [-0.39, 0.29) is 0 Å². The molecular formula is C15H20ClN3. The van der Waals surface area contributed by atoms with Crippen molar-refractivity contribution in [1.29, 1.82) is 0 Å². The predicted octanol–water partition coefficient (Wildman–Crippen LogP) is 3.46. The Balaban J connectivity index is 1.91. The highest BCUT2D eigenvalue weighted by molar-refractivity contribution is 6.32. The maximum atomic E-state index is 6.16. The van der Waals surface area contributed by atoms with Crippen LogP contribution in [0, 0.1) is 0 Å². The van der Waals surface area contributed by atoms with Crippen molar-refractivity contribution >= 4 is 11.6 Å². The molecular weight excluding hydrogens is 258 g/mol. The number of nitrogens with zero attached hydrogens (tertiary/aromatic N) is 2. The molecule has 0 aliphatic carbocycles. The van der Waals surface area contributed by atoms with Crippen LogP contribution in [0.25, 0.3) is 5.69 Å². The molecule has 0 spiro atoms. The van der Waals surface area contributed by atoms with Crippen molar-refractivity contribution in [3.63, 3.8) is 0 Å². The Morgan fingerprint density at radius 1 is 1.26 bits per heavy atom. The lowest BCUT2D eigenvalue weighted by Crippen LogP contribution is -2.16. The van der Waals surface area contributed by atoms with Crippen LogP contribution in [0.1, 0.15) is 25.3 Å². The van der Waals surface area contributed by atoms with Crippen molar-refractivity contribution in [3.8, 4) is 5.69 Å². The van der Waals surface area contributed by atoms with Crippen molar-refractivity contribution in [2.45, 2.75) is 26.2 Å². The Morgan fingerprint density at radius 3 is 2.89 bits per heavy atom. The van der Waals surface area contributed by atoms with Crippen LogP contribution in [0.4, 0.5) is 0 Å². The van der Waals surface area contributed by atoms with Gasteiger partial charge in [0.25, 0.3) is 0 Å². The smallest absolute Gasteiger partial charge is 0.0831 e. The van der Waals surface area contributed by atoms with E-state index in [1.165, 1.54) is 12.0 Å². The minimum atomic E-state index is 0.724. The van der Waals surface area contributed by atoms with Gasteiger partial charge in [-0.1, -0.05) is 30.7 Å². The molecule has 0 aliphatic heterocycles. The summed E-state index contributed by atoms with van der Waals surface area (Å²) in [7, 11) is 0. The highest BCUT2D eigenvalue weighted by atomic mass is 35.5. The molecule has 1 aromatic heterocycles. The summed E-state index contributed by atoms with van der Waals surface area (Å²) >= 11 is 6.16. The monoisotopic (exact) mass is 277 g/mol. The standard InChI is InChI=1S/C15H20ClN3/c1-2-9-17-10-5-6-13-11-18-19(12-13)15-8-4-3-7-14(15)16/h3-4,7-8,11-12,17H,2,5-6,9-10H2,1H3. The average Bonchev–Trinajstić information content (AvgIpc) is 2.88. The van der Waals surface area contributed by atoms with Gasteiger partial charge in [-0.15, -0.1) is 0 Å². The number of benzene rings is 1. The first-order chi connectivity index (χ1) is 9.31. The SMILES string of the molecule is CCCNCCCc1cnn(-c2ccccc2Cl)c1. The third kappa shape index (κ3) is 4.08. The summed E-state index contributed by atoms with van der Waals surface area (Å²) in [6.45, 7) is 4.34. The fraction of sp³-hybridized carbons (Fsp3) is 0.400. The summed E-state index contributed by atoms with van der Waals surface area (Å²) in [5.41, 5.74) is 2.18. The van der Waals surface area contributed by atoms with Gasteiger partial charge >= 0.3 is 0 Å². The number of para-hydroxylation sites is 1. The largest absolute Gasteiger partial charge is 0.317 e. The summed E-state index contributed by atoms with van der Waals surface area (Å²) in [5.74, 6) is 0. The van der Waals surface area contributed by atoms with Crippen LogP contribution >= 0.6 is 11.6 Å². The van der Waals surface area contributed by atoms with E-state index in [1.54, 1.807) is 0 Å². The first-order valence-corrected chi connectivity index (χ1v) is 7.18. The van der Waals surface area contributed by atoms with Crippen LogP contribution in [0.3, 0.4) is 0 Å². The minimum absolute atomic E-state index is 0.724. The molecule has 0 amide bonds. The molecule has 2 aromatic rings. The normalized spacial score (nSPS) is 10.8. The van der Waals surface area contributed by atoms with Crippen LogP contribution < -0.4 is 5.32 Å². The fourth-order valence-corrected chi connectivity index (χ4v) is 2.20. The maximum absolute atomic E-state index is 6.16. The Labute approximate surface area is 119 Å². The van der Waals surface area contributed by atoms with Gasteiger partial charge in [-0.25, -0.2) is 4.68 Å². The number of nitrogens with one attached hydrogen (secondary N) is 1. The molecule has 0 bridgehead atoms. The van der Waals surface area contributed by atoms with Crippen molar-refractivity contribution in [2.75, 3.05) is 13.1 Å². The van der Waals surface area contributed by atoms with Crippen LogP contribution in [-0.2, 0) is 6.42 Å². The zero-order valence-electron chi connectivity index (χ0n) is 11.3. The molecule has 0 saturated heterocycles. The van der Waals surface area contributed by atoms with Gasteiger partial charge in [0, 0.05) is 6.20 Å². The number of hydrogen-bond donors (Lipinski definition) is 1. The number of halogens is 1. The Bertz CT molecular complexity index is 508. The first kappa shape index (κ1) is 14.1. The Kier molecular flexibility index (Phi) is 5.43. The van der Waals surface area contributed by atoms with Crippen LogP contribution in [-0.4, -0.2) is 22.9 Å². The molecule has 0 radical (unpaired) electrons. The molecule has 4 heteroatoms. The Morgan fingerprint density at radius 2 is 2.11 bits per heavy atom. The average molecular weight is 278 g/mol. The minimum Gasteiger partial charge on any atom is -0.317 e. The molecule has 1 aromatic carbocycles. The van der Waals surface area contributed by atoms with Gasteiger partial charge in [-0.3, -0.25) is 0 Å². The summed E-state index contributed by atoms with van der Waals surface area (Å²) in [4.78, 5) is 0.